The van der Waals surface area contributed by atoms with E-state index >= 15 is 0 Å². The Kier molecular flexibility index (Phi) is 19.6. The van der Waals surface area contributed by atoms with Gasteiger partial charge in [0, 0.05) is 0 Å². The zero-order chi connectivity index (χ0) is 16.3. The standard InChI is InChI=1S/C18H39O3P/c1-4-7-9-10-11-12-13-14-15-16-18-21-22(19-6-3)20-17-8-5-2/h4-18H2,1-3H3. The first-order valence-corrected chi connectivity index (χ1v) is 10.6. The maximum absolute atomic E-state index is 5.72. The summed E-state index contributed by atoms with van der Waals surface area (Å²) in [5, 5.41) is 0. The van der Waals surface area contributed by atoms with Crippen LogP contribution in [0.2, 0.25) is 0 Å². The Morgan fingerprint density at radius 1 is 0.500 bits per heavy atom. The highest BCUT2D eigenvalue weighted by Gasteiger charge is 2.10. The second-order valence-corrected chi connectivity index (χ2v) is 7.07. The van der Waals surface area contributed by atoms with Crippen LogP contribution in [-0.2, 0) is 13.6 Å². The lowest BCUT2D eigenvalue weighted by atomic mass is 10.1. The molecule has 0 aromatic heterocycles. The molecule has 0 saturated carbocycles. The molecule has 0 aliphatic heterocycles. The van der Waals surface area contributed by atoms with Crippen molar-refractivity contribution in [1.82, 2.24) is 0 Å². The van der Waals surface area contributed by atoms with Crippen molar-refractivity contribution in [2.24, 2.45) is 0 Å². The van der Waals surface area contributed by atoms with Gasteiger partial charge in [0.2, 0.25) is 0 Å². The van der Waals surface area contributed by atoms with Gasteiger partial charge in [-0.25, -0.2) is 0 Å². The van der Waals surface area contributed by atoms with Crippen LogP contribution >= 0.6 is 8.60 Å². The Morgan fingerprint density at radius 2 is 0.955 bits per heavy atom. The van der Waals surface area contributed by atoms with Crippen LogP contribution in [0.15, 0.2) is 0 Å². The summed E-state index contributed by atoms with van der Waals surface area (Å²) in [6.45, 7) is 8.61. The second kappa shape index (κ2) is 19.4. The molecule has 0 N–H and O–H groups in total. The summed E-state index contributed by atoms with van der Waals surface area (Å²) >= 11 is 0. The summed E-state index contributed by atoms with van der Waals surface area (Å²) in [6, 6.07) is 0. The molecule has 1 atom stereocenters. The molecule has 1 unspecified atom stereocenters. The molecule has 0 heterocycles. The van der Waals surface area contributed by atoms with Crippen molar-refractivity contribution < 1.29 is 13.6 Å². The van der Waals surface area contributed by atoms with Gasteiger partial charge >= 0.3 is 8.60 Å². The molecule has 0 saturated heterocycles. The smallest absolute Gasteiger partial charge is 0.313 e. The molecule has 0 spiro atoms. The van der Waals surface area contributed by atoms with E-state index in [0.29, 0.717) is 6.61 Å². The molecule has 0 aliphatic rings. The van der Waals surface area contributed by atoms with Crippen LogP contribution in [0, 0.1) is 0 Å². The molecule has 0 rings (SSSR count). The first-order chi connectivity index (χ1) is 10.8. The number of hydrogen-bond donors (Lipinski definition) is 0. The Labute approximate surface area is 140 Å². The zero-order valence-corrected chi connectivity index (χ0v) is 16.2. The van der Waals surface area contributed by atoms with Crippen molar-refractivity contribution in [3.05, 3.63) is 0 Å². The van der Waals surface area contributed by atoms with Crippen LogP contribution in [0.3, 0.4) is 0 Å². The van der Waals surface area contributed by atoms with Crippen LogP contribution in [0.4, 0.5) is 0 Å². The number of unbranched alkanes of at least 4 members (excludes halogenated alkanes) is 10. The third-order valence-corrected chi connectivity index (χ3v) is 4.88. The molecular weight excluding hydrogens is 295 g/mol. The number of hydrogen-bond acceptors (Lipinski definition) is 3. The summed E-state index contributed by atoms with van der Waals surface area (Å²) in [5.74, 6) is 0. The molecule has 0 aromatic carbocycles. The van der Waals surface area contributed by atoms with Gasteiger partial charge in [-0.2, -0.15) is 0 Å². The van der Waals surface area contributed by atoms with Crippen molar-refractivity contribution in [3.8, 4) is 0 Å². The lowest BCUT2D eigenvalue weighted by Gasteiger charge is -2.15. The van der Waals surface area contributed by atoms with Crippen LogP contribution in [0.1, 0.15) is 97.8 Å². The highest BCUT2D eigenvalue weighted by molar-refractivity contribution is 7.41. The molecule has 0 fully saturated rings. The average Bonchev–Trinajstić information content (AvgIpc) is 2.52. The fourth-order valence-electron chi connectivity index (χ4n) is 2.23. The van der Waals surface area contributed by atoms with E-state index in [-0.39, 0.29) is 0 Å². The highest BCUT2D eigenvalue weighted by Crippen LogP contribution is 2.39. The number of rotatable bonds is 18. The van der Waals surface area contributed by atoms with E-state index in [1.165, 1.54) is 57.8 Å². The summed E-state index contributed by atoms with van der Waals surface area (Å²) in [7, 11) is -1.11. The van der Waals surface area contributed by atoms with E-state index in [1.807, 2.05) is 6.92 Å². The van der Waals surface area contributed by atoms with Crippen molar-refractivity contribution in [3.63, 3.8) is 0 Å². The SMILES string of the molecule is CCCCCCCCCCCCOP(OCC)OCCCC. The van der Waals surface area contributed by atoms with Crippen molar-refractivity contribution in [1.29, 1.82) is 0 Å². The predicted octanol–water partition coefficient (Wildman–Crippen LogP) is 7.00. The summed E-state index contributed by atoms with van der Waals surface area (Å²) in [4.78, 5) is 0. The third kappa shape index (κ3) is 16.7. The van der Waals surface area contributed by atoms with Gasteiger partial charge in [0.25, 0.3) is 0 Å². The summed E-state index contributed by atoms with van der Waals surface area (Å²) in [6.07, 6.45) is 15.7. The van der Waals surface area contributed by atoms with Crippen LogP contribution in [0.5, 0.6) is 0 Å². The Bertz CT molecular complexity index is 203. The first kappa shape index (κ1) is 22.3. The van der Waals surface area contributed by atoms with Gasteiger partial charge in [-0.3, -0.25) is 0 Å². The third-order valence-electron chi connectivity index (χ3n) is 3.62. The second-order valence-electron chi connectivity index (χ2n) is 5.84. The van der Waals surface area contributed by atoms with Crippen molar-refractivity contribution >= 4 is 8.60 Å². The van der Waals surface area contributed by atoms with Gasteiger partial charge < -0.3 is 13.6 Å². The van der Waals surface area contributed by atoms with Crippen molar-refractivity contribution in [2.75, 3.05) is 19.8 Å². The maximum atomic E-state index is 5.72. The quantitative estimate of drug-likeness (QED) is 0.199. The molecule has 0 amide bonds. The summed E-state index contributed by atoms with van der Waals surface area (Å²) < 4.78 is 16.9. The molecule has 0 aromatic rings. The molecule has 22 heavy (non-hydrogen) atoms. The van der Waals surface area contributed by atoms with Gasteiger partial charge in [0.15, 0.2) is 0 Å². The van der Waals surface area contributed by atoms with E-state index in [0.717, 1.165) is 32.5 Å². The van der Waals surface area contributed by atoms with Gasteiger partial charge in [0.05, 0.1) is 19.8 Å². The monoisotopic (exact) mass is 334 g/mol. The normalized spacial score (nSPS) is 12.7. The van der Waals surface area contributed by atoms with E-state index in [9.17, 15) is 0 Å². The van der Waals surface area contributed by atoms with E-state index in [4.69, 9.17) is 13.6 Å². The van der Waals surface area contributed by atoms with Crippen LogP contribution < -0.4 is 0 Å². The predicted molar refractivity (Wildman–Crippen MR) is 97.2 cm³/mol. The fraction of sp³-hybridized carbons (Fsp3) is 1.00. The van der Waals surface area contributed by atoms with E-state index in [2.05, 4.69) is 13.8 Å². The highest BCUT2D eigenvalue weighted by atomic mass is 31.2. The molecule has 0 bridgehead atoms. The van der Waals surface area contributed by atoms with Crippen LogP contribution in [0.25, 0.3) is 0 Å². The minimum absolute atomic E-state index is 0.663. The summed E-state index contributed by atoms with van der Waals surface area (Å²) in [5.41, 5.74) is 0. The topological polar surface area (TPSA) is 27.7 Å². The van der Waals surface area contributed by atoms with Gasteiger partial charge in [-0.1, -0.05) is 78.1 Å². The largest absolute Gasteiger partial charge is 0.332 e. The van der Waals surface area contributed by atoms with E-state index < -0.39 is 8.60 Å². The maximum Gasteiger partial charge on any atom is 0.332 e. The molecular formula is C18H39O3P. The minimum Gasteiger partial charge on any atom is -0.313 e. The molecule has 134 valence electrons. The zero-order valence-electron chi connectivity index (χ0n) is 15.3. The molecule has 0 radical (unpaired) electrons. The molecule has 4 heteroatoms. The first-order valence-electron chi connectivity index (χ1n) is 9.54. The lowest BCUT2D eigenvalue weighted by molar-refractivity contribution is 0.161. The minimum atomic E-state index is -1.11. The Balaban J connectivity index is 3.30. The van der Waals surface area contributed by atoms with Crippen LogP contribution in [-0.4, -0.2) is 19.8 Å². The van der Waals surface area contributed by atoms with Gasteiger partial charge in [-0.05, 0) is 19.8 Å². The molecule has 3 nitrogen and oxygen atoms in total. The average molecular weight is 334 g/mol. The van der Waals surface area contributed by atoms with E-state index in [1.54, 1.807) is 0 Å². The van der Waals surface area contributed by atoms with Gasteiger partial charge in [0.1, 0.15) is 0 Å². The Morgan fingerprint density at radius 3 is 1.45 bits per heavy atom. The fourth-order valence-corrected chi connectivity index (χ4v) is 3.22. The van der Waals surface area contributed by atoms with Crippen molar-refractivity contribution in [2.45, 2.75) is 97.8 Å². The lowest BCUT2D eigenvalue weighted by Crippen LogP contribution is -1.98. The van der Waals surface area contributed by atoms with Gasteiger partial charge in [-0.15, -0.1) is 0 Å². The Hall–Kier alpha value is 0.310. The molecule has 0 aliphatic carbocycles.